The molecule has 30 heavy (non-hydrogen) atoms. The molecule has 0 saturated heterocycles. The van der Waals surface area contributed by atoms with Crippen LogP contribution in [0, 0.1) is 5.41 Å². The highest BCUT2D eigenvalue weighted by Crippen LogP contribution is 2.34. The minimum absolute atomic E-state index is 0.236. The highest BCUT2D eigenvalue weighted by Gasteiger charge is 2.17. The molecule has 0 aliphatic rings. The number of benzene rings is 3. The van der Waals surface area contributed by atoms with Gasteiger partial charge in [-0.15, -0.1) is 0 Å². The van der Waals surface area contributed by atoms with Crippen molar-refractivity contribution in [2.24, 2.45) is 0 Å². The minimum Gasteiger partial charge on any atom is -0.495 e. The van der Waals surface area contributed by atoms with Gasteiger partial charge in [-0.2, -0.15) is 0 Å². The average molecular weight is 395 g/mol. The fourth-order valence-corrected chi connectivity index (χ4v) is 3.23. The number of methoxy groups -OCH3 is 1. The van der Waals surface area contributed by atoms with Gasteiger partial charge in [0.1, 0.15) is 23.7 Å². The van der Waals surface area contributed by atoms with Crippen LogP contribution in [0.25, 0.3) is 11.1 Å². The first-order chi connectivity index (χ1) is 14.7. The zero-order valence-corrected chi connectivity index (χ0v) is 16.5. The molecule has 0 spiro atoms. The van der Waals surface area contributed by atoms with Gasteiger partial charge >= 0.3 is 0 Å². The van der Waals surface area contributed by atoms with Crippen molar-refractivity contribution < 1.29 is 4.74 Å². The first-order valence-corrected chi connectivity index (χ1v) is 9.42. The van der Waals surface area contributed by atoms with Gasteiger partial charge in [-0.05, 0) is 23.3 Å². The summed E-state index contributed by atoms with van der Waals surface area (Å²) in [6.07, 6.45) is 1.38. The van der Waals surface area contributed by atoms with Crippen LogP contribution in [0.5, 0.6) is 5.75 Å². The molecule has 0 fully saturated rings. The lowest BCUT2D eigenvalue weighted by Gasteiger charge is -2.16. The van der Waals surface area contributed by atoms with E-state index in [4.69, 9.17) is 15.9 Å². The van der Waals surface area contributed by atoms with Crippen molar-refractivity contribution in [2.45, 2.75) is 0 Å². The van der Waals surface area contributed by atoms with Crippen LogP contribution in [0.4, 0.5) is 17.3 Å². The number of anilines is 3. The lowest BCUT2D eigenvalue weighted by Crippen LogP contribution is -2.12. The van der Waals surface area contributed by atoms with Crippen LogP contribution in [-0.4, -0.2) is 22.8 Å². The van der Waals surface area contributed by atoms with Gasteiger partial charge in [0.15, 0.2) is 0 Å². The first kappa shape index (κ1) is 19.1. The van der Waals surface area contributed by atoms with Crippen molar-refractivity contribution in [3.05, 3.63) is 96.3 Å². The average Bonchev–Trinajstić information content (AvgIpc) is 2.80. The molecule has 0 amide bonds. The van der Waals surface area contributed by atoms with E-state index in [2.05, 4.69) is 15.3 Å². The Balaban J connectivity index is 1.76. The van der Waals surface area contributed by atoms with E-state index >= 15 is 0 Å². The maximum atomic E-state index is 8.66. The maximum absolute atomic E-state index is 8.66. The molecule has 0 saturated carbocycles. The van der Waals surface area contributed by atoms with E-state index in [0.717, 1.165) is 22.4 Å². The molecule has 4 rings (SSSR count). The lowest BCUT2D eigenvalue weighted by molar-refractivity contribution is 0.417. The molecule has 1 heterocycles. The summed E-state index contributed by atoms with van der Waals surface area (Å²) in [4.78, 5) is 8.45. The molecule has 3 aromatic carbocycles. The summed E-state index contributed by atoms with van der Waals surface area (Å²) in [6.45, 7) is 0. The van der Waals surface area contributed by atoms with Crippen molar-refractivity contribution in [2.75, 3.05) is 18.2 Å². The SMILES string of the molecule is COc1ccc(-c2ccccc2)cc1Nc1ncnc(N)c1C(=N)c1ccccc1. The number of aromatic nitrogens is 2. The Morgan fingerprint density at radius 3 is 2.30 bits per heavy atom. The van der Waals surface area contributed by atoms with Crippen molar-refractivity contribution in [3.63, 3.8) is 0 Å². The number of ether oxygens (including phenoxy) is 1. The third kappa shape index (κ3) is 3.84. The van der Waals surface area contributed by atoms with E-state index in [1.165, 1.54) is 6.33 Å². The van der Waals surface area contributed by atoms with Gasteiger partial charge in [-0.3, -0.25) is 5.41 Å². The second kappa shape index (κ2) is 8.45. The standard InChI is InChI=1S/C24H21N5O/c1-30-20-13-12-18(16-8-4-2-5-9-16)14-19(20)29-24-21(23(26)27-15-28-24)22(25)17-10-6-3-7-11-17/h2-15,25H,1H3,(H3,26,27,28,29). The van der Waals surface area contributed by atoms with E-state index in [1.807, 2.05) is 78.9 Å². The van der Waals surface area contributed by atoms with E-state index in [9.17, 15) is 0 Å². The summed E-state index contributed by atoms with van der Waals surface area (Å²) in [5.41, 5.74) is 10.4. The second-order valence-electron chi connectivity index (χ2n) is 6.63. The van der Waals surface area contributed by atoms with Crippen LogP contribution in [0.15, 0.2) is 85.2 Å². The van der Waals surface area contributed by atoms with E-state index in [-0.39, 0.29) is 11.5 Å². The largest absolute Gasteiger partial charge is 0.495 e. The molecule has 0 aliphatic carbocycles. The zero-order chi connectivity index (χ0) is 20.9. The Bertz CT molecular complexity index is 1180. The topological polar surface area (TPSA) is 96.9 Å². The summed E-state index contributed by atoms with van der Waals surface area (Å²) in [6, 6.07) is 25.3. The highest BCUT2D eigenvalue weighted by atomic mass is 16.5. The third-order valence-corrected chi connectivity index (χ3v) is 4.75. The molecule has 0 atom stereocenters. The number of nitrogens with one attached hydrogen (secondary N) is 2. The van der Waals surface area contributed by atoms with Gasteiger partial charge < -0.3 is 15.8 Å². The molecular formula is C24H21N5O. The minimum atomic E-state index is 0.236. The van der Waals surface area contributed by atoms with Crippen LogP contribution in [-0.2, 0) is 0 Å². The van der Waals surface area contributed by atoms with Gasteiger partial charge in [0.25, 0.3) is 0 Å². The molecule has 0 aliphatic heterocycles. The number of rotatable bonds is 6. The molecule has 0 radical (unpaired) electrons. The molecule has 0 bridgehead atoms. The first-order valence-electron chi connectivity index (χ1n) is 9.42. The van der Waals surface area contributed by atoms with Gasteiger partial charge in [-0.25, -0.2) is 9.97 Å². The van der Waals surface area contributed by atoms with Gasteiger partial charge in [0.2, 0.25) is 0 Å². The highest BCUT2D eigenvalue weighted by molar-refractivity contribution is 6.16. The number of nitrogens with two attached hydrogens (primary N) is 1. The number of nitrogen functional groups attached to an aromatic ring is 1. The van der Waals surface area contributed by atoms with Crippen molar-refractivity contribution >= 4 is 23.0 Å². The second-order valence-corrected chi connectivity index (χ2v) is 6.63. The molecule has 6 nitrogen and oxygen atoms in total. The Hall–Kier alpha value is -4.19. The zero-order valence-electron chi connectivity index (χ0n) is 16.5. The summed E-state index contributed by atoms with van der Waals surface area (Å²) in [7, 11) is 1.62. The van der Waals surface area contributed by atoms with E-state index in [1.54, 1.807) is 7.11 Å². The van der Waals surface area contributed by atoms with Crippen molar-refractivity contribution in [3.8, 4) is 16.9 Å². The van der Waals surface area contributed by atoms with Gasteiger partial charge in [0, 0.05) is 5.56 Å². The summed E-state index contributed by atoms with van der Waals surface area (Å²) in [5.74, 6) is 1.34. The smallest absolute Gasteiger partial charge is 0.145 e. The lowest BCUT2D eigenvalue weighted by atomic mass is 10.0. The Labute approximate surface area is 174 Å². The number of hydrogen-bond acceptors (Lipinski definition) is 6. The van der Waals surface area contributed by atoms with Crippen LogP contribution in [0.3, 0.4) is 0 Å². The number of nitrogens with zero attached hydrogens (tertiary/aromatic N) is 2. The quantitative estimate of drug-likeness (QED) is 0.404. The molecule has 148 valence electrons. The molecule has 6 heteroatoms. The van der Waals surface area contributed by atoms with Gasteiger partial charge in [-0.1, -0.05) is 66.7 Å². The van der Waals surface area contributed by atoms with Crippen LogP contribution >= 0.6 is 0 Å². The molecular weight excluding hydrogens is 374 g/mol. The Kier molecular flexibility index (Phi) is 5.39. The summed E-state index contributed by atoms with van der Waals surface area (Å²) >= 11 is 0. The molecule has 0 unspecified atom stereocenters. The summed E-state index contributed by atoms with van der Waals surface area (Å²) in [5, 5.41) is 12.0. The van der Waals surface area contributed by atoms with Crippen LogP contribution < -0.4 is 15.8 Å². The Morgan fingerprint density at radius 2 is 1.60 bits per heavy atom. The molecule has 4 N–H and O–H groups in total. The normalized spacial score (nSPS) is 10.4. The predicted octanol–water partition coefficient (Wildman–Crippen LogP) is 4.89. The fourth-order valence-electron chi connectivity index (χ4n) is 3.23. The van der Waals surface area contributed by atoms with Crippen LogP contribution in [0.1, 0.15) is 11.1 Å². The maximum Gasteiger partial charge on any atom is 0.145 e. The fraction of sp³-hybridized carbons (Fsp3) is 0.0417. The van der Waals surface area contributed by atoms with Crippen molar-refractivity contribution in [1.82, 2.24) is 9.97 Å². The monoisotopic (exact) mass is 395 g/mol. The molecule has 1 aromatic heterocycles. The van der Waals surface area contributed by atoms with Crippen molar-refractivity contribution in [1.29, 1.82) is 5.41 Å². The molecule has 4 aromatic rings. The van der Waals surface area contributed by atoms with Crippen LogP contribution in [0.2, 0.25) is 0 Å². The predicted molar refractivity (Wildman–Crippen MR) is 121 cm³/mol. The van der Waals surface area contributed by atoms with Gasteiger partial charge in [0.05, 0.1) is 24.1 Å². The Morgan fingerprint density at radius 1 is 0.900 bits per heavy atom. The summed E-state index contributed by atoms with van der Waals surface area (Å²) < 4.78 is 5.53. The van der Waals surface area contributed by atoms with E-state index in [0.29, 0.717) is 17.1 Å². The van der Waals surface area contributed by atoms with E-state index < -0.39 is 0 Å². The third-order valence-electron chi connectivity index (χ3n) is 4.75. The number of hydrogen-bond donors (Lipinski definition) is 3.